The zero-order valence-corrected chi connectivity index (χ0v) is 17.0. The lowest BCUT2D eigenvalue weighted by molar-refractivity contribution is -0.289. The van der Waals surface area contributed by atoms with Crippen molar-refractivity contribution in [3.63, 3.8) is 0 Å². The molecule has 1 aromatic rings. The van der Waals surface area contributed by atoms with Gasteiger partial charge in [-0.1, -0.05) is 0 Å². The Morgan fingerprint density at radius 3 is 2.32 bits per heavy atom. The second kappa shape index (κ2) is 9.81. The van der Waals surface area contributed by atoms with Crippen molar-refractivity contribution in [2.24, 2.45) is 0 Å². The van der Waals surface area contributed by atoms with Crippen molar-refractivity contribution < 1.29 is 59.1 Å². The number of hydrogen-bond acceptors (Lipinski definition) is 12. The summed E-state index contributed by atoms with van der Waals surface area (Å²) in [6, 6.07) is 4.62. The van der Waals surface area contributed by atoms with E-state index < -0.39 is 55.3 Å². The molecule has 31 heavy (non-hydrogen) atoms. The second-order valence-corrected chi connectivity index (χ2v) is 7.37. The van der Waals surface area contributed by atoms with E-state index in [0.29, 0.717) is 11.5 Å². The van der Waals surface area contributed by atoms with Crippen LogP contribution in [0.4, 0.5) is 0 Å². The normalized spacial score (nSPS) is 38.1. The van der Waals surface area contributed by atoms with Crippen LogP contribution >= 0.6 is 0 Å². The standard InChI is InChI=1S/C19H28O12/c1-26-10-4-3-9(5-11(10)27-2)30-17-15(23)14(22)13(21)12(31-17)6-28-18-16(24)19(25,7-20)8-29-18/h3-5,12-18,20-25H,6-8H2,1-2H3. The summed E-state index contributed by atoms with van der Waals surface area (Å²) in [6.07, 6.45) is -10.1. The molecule has 1 aromatic carbocycles. The van der Waals surface area contributed by atoms with Gasteiger partial charge in [-0.25, -0.2) is 0 Å². The average molecular weight is 448 g/mol. The molecule has 3 rings (SSSR count). The first-order valence-electron chi connectivity index (χ1n) is 9.57. The fraction of sp³-hybridized carbons (Fsp3) is 0.684. The molecule has 8 unspecified atom stereocenters. The number of aliphatic hydroxyl groups excluding tert-OH is 5. The summed E-state index contributed by atoms with van der Waals surface area (Å²) in [5, 5.41) is 59.9. The van der Waals surface area contributed by atoms with Crippen molar-refractivity contribution in [1.29, 1.82) is 0 Å². The van der Waals surface area contributed by atoms with E-state index in [1.165, 1.54) is 20.3 Å². The van der Waals surface area contributed by atoms with E-state index in [-0.39, 0.29) is 19.0 Å². The number of rotatable bonds is 8. The van der Waals surface area contributed by atoms with Crippen LogP contribution in [0.15, 0.2) is 18.2 Å². The van der Waals surface area contributed by atoms with Gasteiger partial charge in [0.15, 0.2) is 17.8 Å². The highest BCUT2D eigenvalue weighted by Gasteiger charge is 2.50. The summed E-state index contributed by atoms with van der Waals surface area (Å²) in [5.74, 6) is 1.07. The fourth-order valence-corrected chi connectivity index (χ4v) is 3.30. The summed E-state index contributed by atoms with van der Waals surface area (Å²) >= 11 is 0. The lowest BCUT2D eigenvalue weighted by Crippen LogP contribution is -2.60. The quantitative estimate of drug-likeness (QED) is 0.244. The molecule has 0 radical (unpaired) electrons. The van der Waals surface area contributed by atoms with Crippen molar-refractivity contribution in [3.8, 4) is 17.2 Å². The van der Waals surface area contributed by atoms with E-state index in [2.05, 4.69) is 0 Å². The first-order chi connectivity index (χ1) is 14.7. The Labute approximate surface area is 178 Å². The minimum Gasteiger partial charge on any atom is -0.493 e. The first-order valence-corrected chi connectivity index (χ1v) is 9.57. The fourth-order valence-electron chi connectivity index (χ4n) is 3.30. The molecule has 0 bridgehead atoms. The van der Waals surface area contributed by atoms with Gasteiger partial charge in [-0.3, -0.25) is 0 Å². The summed E-state index contributed by atoms with van der Waals surface area (Å²) in [5.41, 5.74) is -1.87. The van der Waals surface area contributed by atoms with Crippen molar-refractivity contribution in [1.82, 2.24) is 0 Å². The van der Waals surface area contributed by atoms with Gasteiger partial charge in [-0.2, -0.15) is 0 Å². The van der Waals surface area contributed by atoms with E-state index in [1.807, 2.05) is 0 Å². The highest BCUT2D eigenvalue weighted by molar-refractivity contribution is 5.45. The first kappa shape index (κ1) is 23.9. The van der Waals surface area contributed by atoms with Crippen LogP contribution in [0.3, 0.4) is 0 Å². The number of benzene rings is 1. The molecule has 2 aliphatic rings. The summed E-state index contributed by atoms with van der Waals surface area (Å²) in [7, 11) is 2.92. The van der Waals surface area contributed by atoms with Crippen LogP contribution in [0.2, 0.25) is 0 Å². The molecule has 8 atom stereocenters. The molecular weight excluding hydrogens is 420 g/mol. The molecule has 176 valence electrons. The van der Waals surface area contributed by atoms with Gasteiger partial charge in [0, 0.05) is 6.07 Å². The third-order valence-corrected chi connectivity index (χ3v) is 5.28. The number of ether oxygens (including phenoxy) is 6. The van der Waals surface area contributed by atoms with Gasteiger partial charge >= 0.3 is 0 Å². The van der Waals surface area contributed by atoms with Crippen LogP contribution in [0, 0.1) is 0 Å². The Hall–Kier alpha value is -1.74. The smallest absolute Gasteiger partial charge is 0.229 e. The van der Waals surface area contributed by atoms with Gasteiger partial charge in [-0.05, 0) is 12.1 Å². The van der Waals surface area contributed by atoms with E-state index in [4.69, 9.17) is 28.4 Å². The Morgan fingerprint density at radius 2 is 1.71 bits per heavy atom. The van der Waals surface area contributed by atoms with Gasteiger partial charge in [-0.15, -0.1) is 0 Å². The van der Waals surface area contributed by atoms with Gasteiger partial charge in [0.05, 0.1) is 34.0 Å². The molecule has 0 aliphatic carbocycles. The maximum atomic E-state index is 10.3. The summed E-state index contributed by atoms with van der Waals surface area (Å²) in [4.78, 5) is 0. The molecule has 12 heteroatoms. The highest BCUT2D eigenvalue weighted by Crippen LogP contribution is 2.33. The molecular formula is C19H28O12. The van der Waals surface area contributed by atoms with E-state index in [9.17, 15) is 30.6 Å². The van der Waals surface area contributed by atoms with Crippen LogP contribution in [0.25, 0.3) is 0 Å². The molecule has 2 fully saturated rings. The Bertz CT molecular complexity index is 732. The SMILES string of the molecule is COc1ccc(OC2OC(COC3OCC(O)(CO)C3O)C(O)C(O)C2O)cc1OC. The monoisotopic (exact) mass is 448 g/mol. The largest absolute Gasteiger partial charge is 0.493 e. The van der Waals surface area contributed by atoms with Crippen LogP contribution in [0.5, 0.6) is 17.2 Å². The molecule has 0 spiro atoms. The third-order valence-electron chi connectivity index (χ3n) is 5.28. The van der Waals surface area contributed by atoms with Crippen molar-refractivity contribution >= 4 is 0 Å². The van der Waals surface area contributed by atoms with E-state index in [1.54, 1.807) is 12.1 Å². The lowest BCUT2D eigenvalue weighted by Gasteiger charge is -2.40. The van der Waals surface area contributed by atoms with Crippen molar-refractivity contribution in [2.75, 3.05) is 34.0 Å². The predicted octanol–water partition coefficient (Wildman–Crippen LogP) is -2.65. The van der Waals surface area contributed by atoms with Gasteiger partial charge in [0.2, 0.25) is 6.29 Å². The zero-order valence-electron chi connectivity index (χ0n) is 17.0. The molecule has 12 nitrogen and oxygen atoms in total. The van der Waals surface area contributed by atoms with Gasteiger partial charge < -0.3 is 59.1 Å². The number of methoxy groups -OCH3 is 2. The molecule has 6 N–H and O–H groups in total. The molecule has 0 saturated carbocycles. The Kier molecular flexibility index (Phi) is 7.57. The molecule has 2 saturated heterocycles. The highest BCUT2D eigenvalue weighted by atomic mass is 16.7. The molecule has 0 aromatic heterocycles. The van der Waals surface area contributed by atoms with Crippen LogP contribution in [-0.4, -0.2) is 113 Å². The molecule has 0 amide bonds. The average Bonchev–Trinajstić information content (AvgIpc) is 3.07. The van der Waals surface area contributed by atoms with Crippen molar-refractivity contribution in [3.05, 3.63) is 18.2 Å². The molecule has 2 aliphatic heterocycles. The summed E-state index contributed by atoms with van der Waals surface area (Å²) in [6.45, 7) is -1.46. The second-order valence-electron chi connectivity index (χ2n) is 7.37. The number of hydrogen-bond donors (Lipinski definition) is 6. The maximum Gasteiger partial charge on any atom is 0.229 e. The van der Waals surface area contributed by atoms with E-state index >= 15 is 0 Å². The zero-order chi connectivity index (χ0) is 22.8. The minimum absolute atomic E-state index is 0.243. The van der Waals surface area contributed by atoms with Crippen LogP contribution in [-0.2, 0) is 14.2 Å². The Balaban J connectivity index is 1.65. The molecule has 2 heterocycles. The van der Waals surface area contributed by atoms with Crippen molar-refractivity contribution in [2.45, 2.75) is 48.7 Å². The lowest BCUT2D eigenvalue weighted by atomic mass is 9.99. The van der Waals surface area contributed by atoms with Gasteiger partial charge in [0.25, 0.3) is 0 Å². The predicted molar refractivity (Wildman–Crippen MR) is 101 cm³/mol. The minimum atomic E-state index is -1.87. The van der Waals surface area contributed by atoms with Crippen LogP contribution < -0.4 is 14.2 Å². The third kappa shape index (κ3) is 4.87. The van der Waals surface area contributed by atoms with Gasteiger partial charge in [0.1, 0.15) is 41.9 Å². The van der Waals surface area contributed by atoms with Crippen LogP contribution in [0.1, 0.15) is 0 Å². The summed E-state index contributed by atoms with van der Waals surface area (Å²) < 4.78 is 32.0. The topological polar surface area (TPSA) is 177 Å². The maximum absolute atomic E-state index is 10.3. The van der Waals surface area contributed by atoms with E-state index in [0.717, 1.165) is 0 Å². The number of aliphatic hydroxyl groups is 6. The Morgan fingerprint density at radius 1 is 1.00 bits per heavy atom.